The van der Waals surface area contributed by atoms with E-state index in [-0.39, 0.29) is 18.3 Å². The van der Waals surface area contributed by atoms with Crippen LogP contribution in [0.1, 0.15) is 22.2 Å². The molecule has 2 N–H and O–H groups in total. The average molecular weight is 451 g/mol. The first-order valence-electron chi connectivity index (χ1n) is 10.8. The van der Waals surface area contributed by atoms with E-state index in [0.29, 0.717) is 41.5 Å². The Kier molecular flexibility index (Phi) is 7.29. The Morgan fingerprint density at radius 3 is 2.33 bits per heavy atom. The van der Waals surface area contributed by atoms with Gasteiger partial charge in [0.15, 0.2) is 0 Å². The zero-order valence-electron chi connectivity index (χ0n) is 18.3. The van der Waals surface area contributed by atoms with E-state index in [1.807, 2.05) is 18.2 Å². The number of benzene rings is 2. The van der Waals surface area contributed by atoms with Crippen molar-refractivity contribution in [2.75, 3.05) is 39.9 Å². The van der Waals surface area contributed by atoms with Gasteiger partial charge in [0.1, 0.15) is 29.1 Å². The fourth-order valence-corrected chi connectivity index (χ4v) is 3.67. The molecule has 7 nitrogen and oxygen atoms in total. The Morgan fingerprint density at radius 1 is 1.09 bits per heavy atom. The summed E-state index contributed by atoms with van der Waals surface area (Å²) in [6.45, 7) is 2.49. The Labute approximate surface area is 191 Å². The number of nitrogens with zero attached hydrogens (tertiary/aromatic N) is 2. The standard InChI is InChI=1S/C25H26FN3O4/c1-32-24(16-30)18-14-22(28-23(15-18)25(31)29-12-10-27-11-13-29)17-2-6-20(7-3-17)33-21-8-4-19(26)5-9-21/h2-9,14-15,24,27,30H,10-13,16H2,1H3. The van der Waals surface area contributed by atoms with Crippen molar-refractivity contribution in [1.82, 2.24) is 15.2 Å². The molecular formula is C25H26FN3O4. The third-order valence-electron chi connectivity index (χ3n) is 5.49. The number of carbonyl (C=O) groups is 1. The summed E-state index contributed by atoms with van der Waals surface area (Å²) in [5, 5.41) is 13.0. The van der Waals surface area contributed by atoms with Gasteiger partial charge in [-0.3, -0.25) is 4.79 Å². The number of methoxy groups -OCH3 is 1. The maximum atomic E-state index is 13.1. The van der Waals surface area contributed by atoms with Crippen LogP contribution in [0.15, 0.2) is 60.7 Å². The van der Waals surface area contributed by atoms with Crippen LogP contribution < -0.4 is 10.1 Å². The highest BCUT2D eigenvalue weighted by Gasteiger charge is 2.22. The lowest BCUT2D eigenvalue weighted by molar-refractivity contribution is 0.0482. The van der Waals surface area contributed by atoms with Crippen LogP contribution in [0.25, 0.3) is 11.3 Å². The van der Waals surface area contributed by atoms with Gasteiger partial charge in [-0.05, 0) is 66.2 Å². The molecule has 4 rings (SSSR count). The van der Waals surface area contributed by atoms with Gasteiger partial charge in [0.2, 0.25) is 0 Å². The molecule has 0 saturated carbocycles. The molecule has 0 bridgehead atoms. The quantitative estimate of drug-likeness (QED) is 0.573. The number of hydrogen-bond acceptors (Lipinski definition) is 6. The van der Waals surface area contributed by atoms with Crippen molar-refractivity contribution in [2.24, 2.45) is 0 Å². The summed E-state index contributed by atoms with van der Waals surface area (Å²) < 4.78 is 24.2. The number of halogens is 1. The fraction of sp³-hybridized carbons (Fsp3) is 0.280. The summed E-state index contributed by atoms with van der Waals surface area (Å²) >= 11 is 0. The Morgan fingerprint density at radius 2 is 1.73 bits per heavy atom. The van der Waals surface area contributed by atoms with Crippen molar-refractivity contribution in [2.45, 2.75) is 6.10 Å². The number of aliphatic hydroxyl groups is 1. The van der Waals surface area contributed by atoms with Crippen molar-refractivity contribution < 1.29 is 23.8 Å². The molecule has 1 amide bonds. The monoisotopic (exact) mass is 451 g/mol. The van der Waals surface area contributed by atoms with Crippen molar-refractivity contribution in [3.8, 4) is 22.8 Å². The second-order valence-corrected chi connectivity index (χ2v) is 7.70. The lowest BCUT2D eigenvalue weighted by Crippen LogP contribution is -2.46. The predicted octanol–water partition coefficient (Wildman–Crippen LogP) is 3.41. The van der Waals surface area contributed by atoms with Gasteiger partial charge in [0.05, 0.1) is 12.3 Å². The second-order valence-electron chi connectivity index (χ2n) is 7.70. The predicted molar refractivity (Wildman–Crippen MR) is 122 cm³/mol. The molecule has 3 aromatic rings. The van der Waals surface area contributed by atoms with Crippen LogP contribution >= 0.6 is 0 Å². The number of rotatable bonds is 7. The van der Waals surface area contributed by atoms with E-state index in [1.165, 1.54) is 19.2 Å². The molecule has 2 aromatic carbocycles. The van der Waals surface area contributed by atoms with Crippen LogP contribution in [0.4, 0.5) is 4.39 Å². The third kappa shape index (κ3) is 5.54. The molecule has 1 unspecified atom stereocenters. The maximum absolute atomic E-state index is 13.1. The van der Waals surface area contributed by atoms with Gasteiger partial charge in [-0.1, -0.05) is 0 Å². The van der Waals surface area contributed by atoms with Crippen molar-refractivity contribution in [3.05, 3.63) is 77.7 Å². The molecule has 0 spiro atoms. The SMILES string of the molecule is COC(CO)c1cc(C(=O)N2CCNCC2)nc(-c2ccc(Oc3ccc(F)cc3)cc2)c1. The molecule has 8 heteroatoms. The number of aliphatic hydroxyl groups excluding tert-OH is 1. The van der Waals surface area contributed by atoms with Gasteiger partial charge in [-0.25, -0.2) is 9.37 Å². The zero-order chi connectivity index (χ0) is 23.2. The van der Waals surface area contributed by atoms with E-state index < -0.39 is 6.10 Å². The molecular weight excluding hydrogens is 425 g/mol. The van der Waals surface area contributed by atoms with Crippen LogP contribution in [0.2, 0.25) is 0 Å². The Bertz CT molecular complexity index is 1080. The Hall–Kier alpha value is -3.33. The average Bonchev–Trinajstić information content (AvgIpc) is 2.86. The van der Waals surface area contributed by atoms with Crippen molar-refractivity contribution >= 4 is 5.91 Å². The number of nitrogens with one attached hydrogen (secondary N) is 1. The molecule has 33 heavy (non-hydrogen) atoms. The van der Waals surface area contributed by atoms with Gasteiger partial charge in [0.25, 0.3) is 5.91 Å². The first-order valence-corrected chi connectivity index (χ1v) is 10.8. The highest BCUT2D eigenvalue weighted by Crippen LogP contribution is 2.28. The molecule has 1 saturated heterocycles. The zero-order valence-corrected chi connectivity index (χ0v) is 18.3. The number of amides is 1. The van der Waals surface area contributed by atoms with E-state index in [9.17, 15) is 14.3 Å². The lowest BCUT2D eigenvalue weighted by Gasteiger charge is -2.27. The summed E-state index contributed by atoms with van der Waals surface area (Å²) in [4.78, 5) is 19.5. The fourth-order valence-electron chi connectivity index (χ4n) is 3.67. The minimum Gasteiger partial charge on any atom is -0.457 e. The third-order valence-corrected chi connectivity index (χ3v) is 5.49. The Balaban J connectivity index is 1.63. The number of pyridine rings is 1. The molecule has 172 valence electrons. The minimum atomic E-state index is -0.567. The topological polar surface area (TPSA) is 83.9 Å². The van der Waals surface area contributed by atoms with E-state index in [2.05, 4.69) is 10.3 Å². The number of carbonyl (C=O) groups excluding carboxylic acids is 1. The van der Waals surface area contributed by atoms with Gasteiger partial charge < -0.3 is 24.8 Å². The van der Waals surface area contributed by atoms with Crippen molar-refractivity contribution in [3.63, 3.8) is 0 Å². The molecule has 1 atom stereocenters. The minimum absolute atomic E-state index is 0.149. The largest absolute Gasteiger partial charge is 0.457 e. The van der Waals surface area contributed by atoms with E-state index in [4.69, 9.17) is 9.47 Å². The number of ether oxygens (including phenoxy) is 2. The molecule has 1 aliphatic rings. The van der Waals surface area contributed by atoms with Crippen LogP contribution in [-0.2, 0) is 4.74 Å². The normalized spacial score (nSPS) is 14.7. The van der Waals surface area contributed by atoms with Crippen molar-refractivity contribution in [1.29, 1.82) is 0 Å². The van der Waals surface area contributed by atoms with Gasteiger partial charge >= 0.3 is 0 Å². The summed E-state index contributed by atoms with van der Waals surface area (Å²) in [6.07, 6.45) is -0.567. The summed E-state index contributed by atoms with van der Waals surface area (Å²) in [5.74, 6) is 0.638. The molecule has 0 aliphatic carbocycles. The first kappa shape index (κ1) is 22.8. The van der Waals surface area contributed by atoms with Crippen LogP contribution in [0.3, 0.4) is 0 Å². The van der Waals surface area contributed by atoms with E-state index in [0.717, 1.165) is 18.7 Å². The molecule has 1 fully saturated rings. The van der Waals surface area contributed by atoms with Crippen LogP contribution in [0.5, 0.6) is 11.5 Å². The number of aromatic nitrogens is 1. The van der Waals surface area contributed by atoms with Crippen LogP contribution in [-0.4, -0.2) is 60.8 Å². The lowest BCUT2D eigenvalue weighted by atomic mass is 10.0. The summed E-state index contributed by atoms with van der Waals surface area (Å²) in [5.41, 5.74) is 2.36. The highest BCUT2D eigenvalue weighted by molar-refractivity contribution is 5.93. The molecule has 0 radical (unpaired) electrons. The van der Waals surface area contributed by atoms with Crippen LogP contribution in [0, 0.1) is 5.82 Å². The van der Waals surface area contributed by atoms with Gasteiger partial charge in [0, 0.05) is 38.9 Å². The highest BCUT2D eigenvalue weighted by atomic mass is 19.1. The number of piperazine rings is 1. The first-order chi connectivity index (χ1) is 16.1. The number of hydrogen-bond donors (Lipinski definition) is 2. The smallest absolute Gasteiger partial charge is 0.272 e. The van der Waals surface area contributed by atoms with E-state index in [1.54, 1.807) is 35.2 Å². The molecule has 2 heterocycles. The summed E-state index contributed by atoms with van der Waals surface area (Å²) in [7, 11) is 1.51. The molecule has 1 aliphatic heterocycles. The summed E-state index contributed by atoms with van der Waals surface area (Å²) in [6, 6.07) is 16.5. The van der Waals surface area contributed by atoms with Gasteiger partial charge in [-0.15, -0.1) is 0 Å². The molecule has 1 aromatic heterocycles. The second kappa shape index (κ2) is 10.5. The maximum Gasteiger partial charge on any atom is 0.272 e. The van der Waals surface area contributed by atoms with Gasteiger partial charge in [-0.2, -0.15) is 0 Å². The van der Waals surface area contributed by atoms with E-state index >= 15 is 0 Å².